The Labute approximate surface area is 157 Å². The Balaban J connectivity index is 1.59. The fraction of sp³-hybridized carbons (Fsp3) is 0.474. The van der Waals surface area contributed by atoms with Crippen LogP contribution >= 0.6 is 11.6 Å². The predicted octanol–water partition coefficient (Wildman–Crippen LogP) is 3.48. The van der Waals surface area contributed by atoms with Crippen LogP contribution in [0, 0.1) is 0 Å². The first-order valence-electron chi connectivity index (χ1n) is 8.79. The average Bonchev–Trinajstić information content (AvgIpc) is 3.14. The monoisotopic (exact) mass is 378 g/mol. The summed E-state index contributed by atoms with van der Waals surface area (Å²) in [7, 11) is 1.56. The SMILES string of the molecule is COc1cc2c(Cl)ccnc2cc1OCC[C@H](N)C(=O)OC1CCCC1. The Kier molecular flexibility index (Phi) is 6.16. The molecule has 26 heavy (non-hydrogen) atoms. The molecule has 0 aliphatic heterocycles. The summed E-state index contributed by atoms with van der Waals surface area (Å²) in [5.41, 5.74) is 6.63. The van der Waals surface area contributed by atoms with Gasteiger partial charge in [-0.3, -0.25) is 9.78 Å². The Morgan fingerprint density at radius 3 is 2.85 bits per heavy atom. The quantitative estimate of drug-likeness (QED) is 0.742. The van der Waals surface area contributed by atoms with Crippen LogP contribution in [0.4, 0.5) is 0 Å². The molecule has 1 aliphatic carbocycles. The second-order valence-electron chi connectivity index (χ2n) is 6.40. The molecule has 0 spiro atoms. The molecule has 2 aromatic rings. The predicted molar refractivity (Wildman–Crippen MR) is 99.7 cm³/mol. The van der Waals surface area contributed by atoms with Crippen LogP contribution in [0.5, 0.6) is 11.5 Å². The van der Waals surface area contributed by atoms with Gasteiger partial charge < -0.3 is 19.9 Å². The molecular formula is C19H23ClN2O4. The lowest BCUT2D eigenvalue weighted by atomic mass is 10.2. The van der Waals surface area contributed by atoms with Crippen LogP contribution in [0.3, 0.4) is 0 Å². The lowest BCUT2D eigenvalue weighted by Gasteiger charge is -2.17. The van der Waals surface area contributed by atoms with E-state index in [4.69, 9.17) is 31.5 Å². The maximum Gasteiger partial charge on any atom is 0.323 e. The number of aromatic nitrogens is 1. The molecule has 6 nitrogen and oxygen atoms in total. The summed E-state index contributed by atoms with van der Waals surface area (Å²) in [6.07, 6.45) is 6.08. The molecule has 0 amide bonds. The molecule has 1 atom stereocenters. The van der Waals surface area contributed by atoms with E-state index in [0.29, 0.717) is 28.5 Å². The van der Waals surface area contributed by atoms with E-state index in [0.717, 1.165) is 31.1 Å². The average molecular weight is 379 g/mol. The third-order valence-electron chi connectivity index (χ3n) is 4.55. The largest absolute Gasteiger partial charge is 0.493 e. The van der Waals surface area contributed by atoms with Gasteiger partial charge in [0.1, 0.15) is 12.1 Å². The summed E-state index contributed by atoms with van der Waals surface area (Å²) >= 11 is 6.18. The molecule has 1 aromatic heterocycles. The topological polar surface area (TPSA) is 83.7 Å². The zero-order chi connectivity index (χ0) is 18.5. The summed E-state index contributed by atoms with van der Waals surface area (Å²) < 4.78 is 16.6. The van der Waals surface area contributed by atoms with Crippen LogP contribution in [0.1, 0.15) is 32.1 Å². The Morgan fingerprint density at radius 2 is 2.12 bits per heavy atom. The summed E-state index contributed by atoms with van der Waals surface area (Å²) in [4.78, 5) is 16.3. The smallest absolute Gasteiger partial charge is 0.323 e. The van der Waals surface area contributed by atoms with Gasteiger partial charge in [-0.05, 0) is 37.8 Å². The molecule has 1 aromatic carbocycles. The molecule has 7 heteroatoms. The molecule has 0 unspecified atom stereocenters. The molecular weight excluding hydrogens is 356 g/mol. The van der Waals surface area contributed by atoms with Crippen LogP contribution in [0.25, 0.3) is 10.9 Å². The number of carbonyl (C=O) groups is 1. The van der Waals surface area contributed by atoms with Crippen molar-refractivity contribution >= 4 is 28.5 Å². The zero-order valence-electron chi connectivity index (χ0n) is 14.7. The van der Waals surface area contributed by atoms with Crippen molar-refractivity contribution in [3.8, 4) is 11.5 Å². The van der Waals surface area contributed by atoms with Gasteiger partial charge in [0.2, 0.25) is 0 Å². The lowest BCUT2D eigenvalue weighted by Crippen LogP contribution is -2.35. The summed E-state index contributed by atoms with van der Waals surface area (Å²) in [5, 5.41) is 1.38. The molecule has 1 aliphatic rings. The number of hydrogen-bond acceptors (Lipinski definition) is 6. The van der Waals surface area contributed by atoms with Crippen LogP contribution in [0.2, 0.25) is 5.02 Å². The molecule has 3 rings (SSSR count). The highest BCUT2D eigenvalue weighted by atomic mass is 35.5. The fourth-order valence-corrected chi connectivity index (χ4v) is 3.27. The number of hydrogen-bond donors (Lipinski definition) is 1. The number of carbonyl (C=O) groups excluding carboxylic acids is 1. The van der Waals surface area contributed by atoms with Crippen LogP contribution in [-0.2, 0) is 9.53 Å². The van der Waals surface area contributed by atoms with E-state index >= 15 is 0 Å². The molecule has 1 fully saturated rings. The molecule has 0 radical (unpaired) electrons. The van der Waals surface area contributed by atoms with Crippen molar-refractivity contribution in [2.45, 2.75) is 44.2 Å². The first-order valence-corrected chi connectivity index (χ1v) is 9.17. The van der Waals surface area contributed by atoms with Crippen molar-refractivity contribution in [1.82, 2.24) is 4.98 Å². The Hall–Kier alpha value is -2.05. The van der Waals surface area contributed by atoms with Gasteiger partial charge in [-0.15, -0.1) is 0 Å². The molecule has 2 N–H and O–H groups in total. The Bertz CT molecular complexity index is 777. The highest BCUT2D eigenvalue weighted by Gasteiger charge is 2.23. The summed E-state index contributed by atoms with van der Waals surface area (Å²) in [6, 6.07) is 4.57. The highest BCUT2D eigenvalue weighted by Crippen LogP contribution is 2.34. The Morgan fingerprint density at radius 1 is 1.35 bits per heavy atom. The standard InChI is InChI=1S/C19H23ClN2O4/c1-24-17-10-13-14(20)6-8-22-16(13)11-18(17)25-9-7-15(21)19(23)26-12-4-2-3-5-12/h6,8,10-12,15H,2-5,7,9,21H2,1H3/t15-/m0/s1. The van der Waals surface area contributed by atoms with E-state index in [-0.39, 0.29) is 18.7 Å². The third-order valence-corrected chi connectivity index (χ3v) is 4.88. The number of ether oxygens (including phenoxy) is 3. The van der Waals surface area contributed by atoms with Gasteiger partial charge in [-0.25, -0.2) is 0 Å². The third kappa shape index (κ3) is 4.37. The maximum absolute atomic E-state index is 12.0. The second-order valence-corrected chi connectivity index (χ2v) is 6.81. The number of esters is 1. The minimum Gasteiger partial charge on any atom is -0.493 e. The van der Waals surface area contributed by atoms with Gasteiger partial charge in [-0.2, -0.15) is 0 Å². The van der Waals surface area contributed by atoms with E-state index in [2.05, 4.69) is 4.98 Å². The number of halogens is 1. The van der Waals surface area contributed by atoms with E-state index in [1.54, 1.807) is 31.5 Å². The number of rotatable bonds is 7. The van der Waals surface area contributed by atoms with Gasteiger partial charge in [-0.1, -0.05) is 11.6 Å². The normalized spacial score (nSPS) is 15.8. The van der Waals surface area contributed by atoms with Gasteiger partial charge >= 0.3 is 5.97 Å². The lowest BCUT2D eigenvalue weighted by molar-refractivity contribution is -0.150. The highest BCUT2D eigenvalue weighted by molar-refractivity contribution is 6.35. The van der Waals surface area contributed by atoms with Gasteiger partial charge in [0.15, 0.2) is 11.5 Å². The zero-order valence-corrected chi connectivity index (χ0v) is 15.5. The van der Waals surface area contributed by atoms with Gasteiger partial charge in [0.25, 0.3) is 0 Å². The number of fused-ring (bicyclic) bond motifs is 1. The van der Waals surface area contributed by atoms with E-state index in [1.165, 1.54) is 0 Å². The van der Waals surface area contributed by atoms with Gasteiger partial charge in [0, 0.05) is 24.1 Å². The van der Waals surface area contributed by atoms with E-state index in [9.17, 15) is 4.79 Å². The number of nitrogens with zero attached hydrogens (tertiary/aromatic N) is 1. The van der Waals surface area contributed by atoms with E-state index in [1.807, 2.05) is 0 Å². The minimum absolute atomic E-state index is 0.0193. The number of methoxy groups -OCH3 is 1. The molecule has 1 heterocycles. The van der Waals surface area contributed by atoms with Crippen molar-refractivity contribution in [2.75, 3.05) is 13.7 Å². The molecule has 140 valence electrons. The minimum atomic E-state index is -0.699. The van der Waals surface area contributed by atoms with Crippen molar-refractivity contribution in [3.05, 3.63) is 29.4 Å². The van der Waals surface area contributed by atoms with Crippen molar-refractivity contribution in [2.24, 2.45) is 5.73 Å². The van der Waals surface area contributed by atoms with Gasteiger partial charge in [0.05, 0.1) is 24.3 Å². The summed E-state index contributed by atoms with van der Waals surface area (Å²) in [6.45, 7) is 0.267. The fourth-order valence-electron chi connectivity index (χ4n) is 3.06. The van der Waals surface area contributed by atoms with Crippen molar-refractivity contribution < 1.29 is 19.0 Å². The summed E-state index contributed by atoms with van der Waals surface area (Å²) in [5.74, 6) is 0.722. The van der Waals surface area contributed by atoms with E-state index < -0.39 is 6.04 Å². The molecule has 1 saturated carbocycles. The van der Waals surface area contributed by atoms with Crippen LogP contribution < -0.4 is 15.2 Å². The number of nitrogens with two attached hydrogens (primary N) is 1. The number of pyridine rings is 1. The molecule has 0 bridgehead atoms. The van der Waals surface area contributed by atoms with Crippen LogP contribution in [-0.4, -0.2) is 36.8 Å². The first kappa shape index (κ1) is 18.7. The van der Waals surface area contributed by atoms with Crippen molar-refractivity contribution in [1.29, 1.82) is 0 Å². The maximum atomic E-state index is 12.0. The number of benzene rings is 1. The first-order chi connectivity index (χ1) is 12.6. The second kappa shape index (κ2) is 8.56. The van der Waals surface area contributed by atoms with Crippen molar-refractivity contribution in [3.63, 3.8) is 0 Å². The molecule has 0 saturated heterocycles. The van der Waals surface area contributed by atoms with Crippen LogP contribution in [0.15, 0.2) is 24.4 Å².